The molecule has 0 bridgehead atoms. The van der Waals surface area contributed by atoms with Crippen LogP contribution < -0.4 is 10.6 Å². The first-order chi connectivity index (χ1) is 14.1. The van der Waals surface area contributed by atoms with Gasteiger partial charge in [0.2, 0.25) is 0 Å². The number of alkyl carbamates (subject to hydrolysis) is 1. The number of pyridine rings is 1. The molecule has 1 fully saturated rings. The minimum absolute atomic E-state index is 0.0594. The molecule has 0 spiro atoms. The molecule has 1 amide bonds. The van der Waals surface area contributed by atoms with Crippen molar-refractivity contribution in [3.8, 4) is 5.69 Å². The maximum atomic E-state index is 11.8. The minimum Gasteiger partial charge on any atom is -0.446 e. The summed E-state index contributed by atoms with van der Waals surface area (Å²) >= 11 is 0. The number of imidazole rings is 1. The Bertz CT molecular complexity index is 934. The highest BCUT2D eigenvalue weighted by atomic mass is 16.6. The number of aromatic amines is 1. The van der Waals surface area contributed by atoms with Gasteiger partial charge in [0.15, 0.2) is 5.82 Å². The number of H-pyrrole nitrogens is 1. The number of carbonyl (C=O) groups excluding carboxylic acids is 1. The van der Waals surface area contributed by atoms with Crippen molar-refractivity contribution < 1.29 is 9.53 Å². The maximum Gasteiger partial charge on any atom is 0.407 e. The fraction of sp³-hybridized carbons (Fsp3) is 0.400. The molecule has 0 radical (unpaired) electrons. The lowest BCUT2D eigenvalue weighted by molar-refractivity contribution is 0.0981. The van der Waals surface area contributed by atoms with Gasteiger partial charge in [0.1, 0.15) is 11.9 Å². The van der Waals surface area contributed by atoms with Crippen molar-refractivity contribution in [1.82, 2.24) is 30.0 Å². The molecule has 3 heterocycles. The molecule has 0 saturated heterocycles. The van der Waals surface area contributed by atoms with Crippen LogP contribution in [0.1, 0.15) is 44.7 Å². The molecule has 1 saturated carbocycles. The molecule has 9 heteroatoms. The number of anilines is 2. The van der Waals surface area contributed by atoms with Gasteiger partial charge in [0, 0.05) is 36.1 Å². The molecule has 9 nitrogen and oxygen atoms in total. The fourth-order valence-electron chi connectivity index (χ4n) is 3.52. The van der Waals surface area contributed by atoms with Crippen molar-refractivity contribution in [2.24, 2.45) is 0 Å². The molecule has 0 unspecified atom stereocenters. The SMILES string of the molecule is CC(C)NC(=O)O[C@H]1CC[C@@H](c2cc(Nc3ccc(-n4ccnc4)cn3)n[nH]2)C1. The van der Waals surface area contributed by atoms with Gasteiger partial charge in [0.05, 0.1) is 18.2 Å². The number of aromatic nitrogens is 5. The predicted octanol–water partition coefficient (Wildman–Crippen LogP) is 3.50. The summed E-state index contributed by atoms with van der Waals surface area (Å²) < 4.78 is 7.39. The molecular formula is C20H25N7O2. The Morgan fingerprint density at radius 3 is 2.93 bits per heavy atom. The lowest BCUT2D eigenvalue weighted by Crippen LogP contribution is -2.33. The average Bonchev–Trinajstić information content (AvgIpc) is 3.43. The minimum atomic E-state index is -0.345. The van der Waals surface area contributed by atoms with Crippen LogP contribution >= 0.6 is 0 Å². The molecule has 0 aromatic carbocycles. The largest absolute Gasteiger partial charge is 0.446 e. The lowest BCUT2D eigenvalue weighted by Gasteiger charge is -2.14. The highest BCUT2D eigenvalue weighted by Crippen LogP contribution is 2.36. The maximum absolute atomic E-state index is 11.8. The van der Waals surface area contributed by atoms with E-state index >= 15 is 0 Å². The summed E-state index contributed by atoms with van der Waals surface area (Å²) in [7, 11) is 0. The van der Waals surface area contributed by atoms with Crippen molar-refractivity contribution in [3.05, 3.63) is 48.8 Å². The van der Waals surface area contributed by atoms with Gasteiger partial charge in [-0.2, -0.15) is 5.10 Å². The Labute approximate surface area is 168 Å². The molecule has 3 N–H and O–H groups in total. The highest BCUT2D eigenvalue weighted by Gasteiger charge is 2.30. The molecule has 29 heavy (non-hydrogen) atoms. The third-order valence-electron chi connectivity index (χ3n) is 4.91. The zero-order valence-corrected chi connectivity index (χ0v) is 16.5. The van der Waals surface area contributed by atoms with Crippen molar-refractivity contribution in [2.75, 3.05) is 5.32 Å². The summed E-state index contributed by atoms with van der Waals surface area (Å²) in [6.07, 6.45) is 9.31. The summed E-state index contributed by atoms with van der Waals surface area (Å²) in [6, 6.07) is 5.93. The van der Waals surface area contributed by atoms with Crippen LogP contribution in [0, 0.1) is 0 Å². The van der Waals surface area contributed by atoms with E-state index in [0.29, 0.717) is 17.6 Å². The zero-order chi connectivity index (χ0) is 20.2. The van der Waals surface area contributed by atoms with E-state index in [9.17, 15) is 4.79 Å². The number of ether oxygens (including phenoxy) is 1. The molecule has 0 aliphatic heterocycles. The summed E-state index contributed by atoms with van der Waals surface area (Å²) in [5, 5.41) is 13.4. The summed E-state index contributed by atoms with van der Waals surface area (Å²) in [5.74, 6) is 1.72. The van der Waals surface area contributed by atoms with Crippen molar-refractivity contribution >= 4 is 17.7 Å². The van der Waals surface area contributed by atoms with Crippen LogP contribution in [0.5, 0.6) is 0 Å². The number of hydrogen-bond donors (Lipinski definition) is 3. The second-order valence-electron chi connectivity index (χ2n) is 7.54. The molecule has 1 aliphatic carbocycles. The number of nitrogens with one attached hydrogen (secondary N) is 3. The Balaban J connectivity index is 1.32. The molecule has 3 aromatic heterocycles. The molecule has 4 rings (SSSR count). The first kappa shape index (κ1) is 19.0. The van der Waals surface area contributed by atoms with Crippen molar-refractivity contribution in [1.29, 1.82) is 0 Å². The van der Waals surface area contributed by atoms with Gasteiger partial charge in [-0.1, -0.05) is 0 Å². The summed E-state index contributed by atoms with van der Waals surface area (Å²) in [5.41, 5.74) is 1.98. The first-order valence-corrected chi connectivity index (χ1v) is 9.80. The normalized spacial score (nSPS) is 18.7. The summed E-state index contributed by atoms with van der Waals surface area (Å²) in [6.45, 7) is 3.83. The van der Waals surface area contributed by atoms with Crippen LogP contribution in [-0.2, 0) is 4.74 Å². The quantitative estimate of drug-likeness (QED) is 0.589. The predicted molar refractivity (Wildman–Crippen MR) is 108 cm³/mol. The fourth-order valence-corrected chi connectivity index (χ4v) is 3.52. The monoisotopic (exact) mass is 395 g/mol. The Kier molecular flexibility index (Phi) is 5.46. The van der Waals surface area contributed by atoms with E-state index in [1.54, 1.807) is 18.7 Å². The molecule has 2 atom stereocenters. The summed E-state index contributed by atoms with van der Waals surface area (Å²) in [4.78, 5) is 20.2. The Hall–Kier alpha value is -3.36. The Morgan fingerprint density at radius 2 is 2.21 bits per heavy atom. The number of nitrogens with zero attached hydrogens (tertiary/aromatic N) is 4. The molecule has 152 valence electrons. The van der Waals surface area contributed by atoms with Crippen molar-refractivity contribution in [2.45, 2.75) is 51.2 Å². The number of hydrogen-bond acceptors (Lipinski definition) is 6. The zero-order valence-electron chi connectivity index (χ0n) is 16.5. The van der Waals surface area contributed by atoms with E-state index in [0.717, 1.165) is 30.6 Å². The molecule has 1 aliphatic rings. The van der Waals surface area contributed by atoms with Gasteiger partial charge >= 0.3 is 6.09 Å². The van der Waals surface area contributed by atoms with Gasteiger partial charge < -0.3 is 19.9 Å². The second-order valence-corrected chi connectivity index (χ2v) is 7.54. The van der Waals surface area contributed by atoms with E-state index in [2.05, 4.69) is 30.8 Å². The molecule has 3 aromatic rings. The topological polar surface area (TPSA) is 110 Å². The average molecular weight is 395 g/mol. The number of rotatable bonds is 6. The van der Waals surface area contributed by atoms with E-state index < -0.39 is 0 Å². The van der Waals surface area contributed by atoms with Crippen LogP contribution in [0.3, 0.4) is 0 Å². The second kappa shape index (κ2) is 8.34. The van der Waals surface area contributed by atoms with E-state index in [1.165, 1.54) is 0 Å². The van der Waals surface area contributed by atoms with Gasteiger partial charge in [-0.05, 0) is 45.2 Å². The van der Waals surface area contributed by atoms with Gasteiger partial charge in [-0.3, -0.25) is 5.10 Å². The standard InChI is InChI=1S/C20H25N7O2/c1-13(2)23-20(28)29-16-5-3-14(9-16)17-10-19(26-25-17)24-18-6-4-15(11-22-18)27-8-7-21-12-27/h4,6-8,10-14,16H,3,5,9H2,1-2H3,(H,23,28)(H2,22,24,25,26)/t14-,16+/m1/s1. The van der Waals surface area contributed by atoms with Crippen LogP contribution in [-0.4, -0.2) is 43.0 Å². The third kappa shape index (κ3) is 4.74. The molecular weight excluding hydrogens is 370 g/mol. The highest BCUT2D eigenvalue weighted by molar-refractivity contribution is 5.67. The van der Waals surface area contributed by atoms with Crippen LogP contribution in [0.2, 0.25) is 0 Å². The van der Waals surface area contributed by atoms with E-state index in [1.807, 2.05) is 42.8 Å². The van der Waals surface area contributed by atoms with Gasteiger partial charge in [-0.15, -0.1) is 0 Å². The number of carbonyl (C=O) groups is 1. The lowest BCUT2D eigenvalue weighted by atomic mass is 10.0. The van der Waals surface area contributed by atoms with E-state index in [-0.39, 0.29) is 18.2 Å². The van der Waals surface area contributed by atoms with Crippen LogP contribution in [0.25, 0.3) is 5.69 Å². The van der Waals surface area contributed by atoms with Gasteiger partial charge in [0.25, 0.3) is 0 Å². The Morgan fingerprint density at radius 1 is 1.31 bits per heavy atom. The van der Waals surface area contributed by atoms with Crippen LogP contribution in [0.4, 0.5) is 16.4 Å². The third-order valence-corrected chi connectivity index (χ3v) is 4.91. The number of amides is 1. The van der Waals surface area contributed by atoms with Gasteiger partial charge in [-0.25, -0.2) is 14.8 Å². The van der Waals surface area contributed by atoms with E-state index in [4.69, 9.17) is 4.74 Å². The first-order valence-electron chi connectivity index (χ1n) is 9.80. The smallest absolute Gasteiger partial charge is 0.407 e. The van der Waals surface area contributed by atoms with Crippen LogP contribution in [0.15, 0.2) is 43.1 Å². The van der Waals surface area contributed by atoms with Crippen molar-refractivity contribution in [3.63, 3.8) is 0 Å².